The zero-order valence-electron chi connectivity index (χ0n) is 11.8. The highest BCUT2D eigenvalue weighted by molar-refractivity contribution is 6.34. The van der Waals surface area contributed by atoms with Crippen molar-refractivity contribution in [2.45, 2.75) is 39.2 Å². The van der Waals surface area contributed by atoms with Gasteiger partial charge in [-0.25, -0.2) is 0 Å². The molecule has 0 spiro atoms. The summed E-state index contributed by atoms with van der Waals surface area (Å²) < 4.78 is 5.12. The van der Waals surface area contributed by atoms with Crippen LogP contribution in [-0.2, 0) is 20.9 Å². The summed E-state index contributed by atoms with van der Waals surface area (Å²) in [6.07, 6.45) is 2.14. The lowest BCUT2D eigenvalue weighted by Crippen LogP contribution is -2.09. The number of rotatable bonds is 8. The maximum absolute atomic E-state index is 11.6. The zero-order valence-corrected chi connectivity index (χ0v) is 13.3. The predicted octanol–water partition coefficient (Wildman–Crippen LogP) is 4.32. The van der Waals surface area contributed by atoms with E-state index in [1.807, 2.05) is 0 Å². The van der Waals surface area contributed by atoms with Crippen molar-refractivity contribution in [1.82, 2.24) is 0 Å². The fraction of sp³-hybridized carbons (Fsp3) is 0.467. The molecule has 0 saturated carbocycles. The first-order chi connectivity index (χ1) is 9.88. The molecule has 1 unspecified atom stereocenters. The second-order valence-corrected chi connectivity index (χ2v) is 5.80. The number of aliphatic carboxylic acids is 1. The van der Waals surface area contributed by atoms with Gasteiger partial charge < -0.3 is 9.84 Å². The van der Waals surface area contributed by atoms with Crippen LogP contribution in [0.5, 0.6) is 0 Å². The molecule has 0 aliphatic heterocycles. The van der Waals surface area contributed by atoms with E-state index in [9.17, 15) is 9.59 Å². The van der Waals surface area contributed by atoms with Crippen molar-refractivity contribution in [3.63, 3.8) is 0 Å². The summed E-state index contributed by atoms with van der Waals surface area (Å²) in [5, 5.41) is 9.73. The lowest BCUT2D eigenvalue weighted by atomic mass is 10.0. The average molecular weight is 333 g/mol. The zero-order chi connectivity index (χ0) is 15.8. The van der Waals surface area contributed by atoms with Crippen LogP contribution in [0.15, 0.2) is 18.2 Å². The third kappa shape index (κ3) is 7.34. The van der Waals surface area contributed by atoms with E-state index < -0.39 is 5.97 Å². The minimum atomic E-state index is -0.810. The monoisotopic (exact) mass is 332 g/mol. The van der Waals surface area contributed by atoms with E-state index in [1.165, 1.54) is 0 Å². The Hall–Kier alpha value is -1.26. The van der Waals surface area contributed by atoms with Crippen LogP contribution < -0.4 is 0 Å². The standard InChI is InChI=1S/C15H18Cl2O4/c1-10(15(19)20)4-2-3-5-14(18)21-9-11-6-12(16)8-13(17)7-11/h6-8,10H,2-5,9H2,1H3,(H,19,20). The van der Waals surface area contributed by atoms with Crippen molar-refractivity contribution in [3.8, 4) is 0 Å². The van der Waals surface area contributed by atoms with Crippen LogP contribution in [0.2, 0.25) is 10.0 Å². The Kier molecular flexibility index (Phi) is 7.54. The van der Waals surface area contributed by atoms with Crippen LogP contribution in [0.3, 0.4) is 0 Å². The summed E-state index contributed by atoms with van der Waals surface area (Å²) in [6.45, 7) is 1.79. The fourth-order valence-corrected chi connectivity index (χ4v) is 2.34. The molecule has 6 heteroatoms. The Morgan fingerprint density at radius 1 is 1.19 bits per heavy atom. The summed E-state index contributed by atoms with van der Waals surface area (Å²) in [4.78, 5) is 22.2. The summed E-state index contributed by atoms with van der Waals surface area (Å²) in [5.74, 6) is -1.50. The van der Waals surface area contributed by atoms with E-state index in [0.717, 1.165) is 5.56 Å². The van der Waals surface area contributed by atoms with E-state index in [2.05, 4.69) is 0 Å². The van der Waals surface area contributed by atoms with Gasteiger partial charge >= 0.3 is 11.9 Å². The second kappa shape index (κ2) is 8.90. The average Bonchev–Trinajstić information content (AvgIpc) is 2.40. The molecular formula is C15H18Cl2O4. The molecule has 0 amide bonds. The molecular weight excluding hydrogens is 315 g/mol. The van der Waals surface area contributed by atoms with Crippen molar-refractivity contribution < 1.29 is 19.4 Å². The number of ether oxygens (including phenoxy) is 1. The molecule has 1 atom stereocenters. The number of carbonyl (C=O) groups is 2. The van der Waals surface area contributed by atoms with Gasteiger partial charge in [-0.05, 0) is 36.6 Å². The molecule has 116 valence electrons. The molecule has 0 fully saturated rings. The summed E-state index contributed by atoms with van der Waals surface area (Å²) in [6, 6.07) is 4.99. The van der Waals surface area contributed by atoms with E-state index in [-0.39, 0.29) is 24.9 Å². The molecule has 0 aliphatic rings. The molecule has 0 aromatic heterocycles. The lowest BCUT2D eigenvalue weighted by Gasteiger charge is -2.07. The van der Waals surface area contributed by atoms with Gasteiger partial charge in [0.2, 0.25) is 0 Å². The number of hydrogen-bond acceptors (Lipinski definition) is 3. The van der Waals surface area contributed by atoms with Gasteiger partial charge in [0.15, 0.2) is 0 Å². The van der Waals surface area contributed by atoms with Gasteiger partial charge in [-0.1, -0.05) is 36.5 Å². The van der Waals surface area contributed by atoms with Crippen LogP contribution in [-0.4, -0.2) is 17.0 Å². The summed E-state index contributed by atoms with van der Waals surface area (Å²) in [5.41, 5.74) is 0.736. The Morgan fingerprint density at radius 2 is 1.81 bits per heavy atom. The maximum atomic E-state index is 11.6. The molecule has 1 aromatic carbocycles. The van der Waals surface area contributed by atoms with Gasteiger partial charge in [0.1, 0.15) is 6.61 Å². The molecule has 1 aromatic rings. The minimum Gasteiger partial charge on any atom is -0.481 e. The molecule has 0 bridgehead atoms. The van der Waals surface area contributed by atoms with E-state index in [1.54, 1.807) is 25.1 Å². The van der Waals surface area contributed by atoms with E-state index >= 15 is 0 Å². The van der Waals surface area contributed by atoms with Crippen molar-refractivity contribution in [3.05, 3.63) is 33.8 Å². The van der Waals surface area contributed by atoms with Gasteiger partial charge in [-0.2, -0.15) is 0 Å². The molecule has 1 N–H and O–H groups in total. The van der Waals surface area contributed by atoms with Crippen LogP contribution in [0.4, 0.5) is 0 Å². The third-order valence-corrected chi connectivity index (χ3v) is 3.45. The molecule has 0 radical (unpaired) electrons. The predicted molar refractivity (Wildman–Crippen MR) is 81.5 cm³/mol. The van der Waals surface area contributed by atoms with Gasteiger partial charge in [0.25, 0.3) is 0 Å². The van der Waals surface area contributed by atoms with Crippen LogP contribution in [0, 0.1) is 5.92 Å². The summed E-state index contributed by atoms with van der Waals surface area (Å²) >= 11 is 11.7. The molecule has 0 heterocycles. The van der Waals surface area contributed by atoms with Gasteiger partial charge in [-0.3, -0.25) is 9.59 Å². The lowest BCUT2D eigenvalue weighted by molar-refractivity contribution is -0.145. The van der Waals surface area contributed by atoms with Gasteiger partial charge in [-0.15, -0.1) is 0 Å². The molecule has 0 aliphatic carbocycles. The van der Waals surface area contributed by atoms with E-state index in [0.29, 0.717) is 29.3 Å². The minimum absolute atomic E-state index is 0.130. The Balaban J connectivity index is 2.23. The normalized spacial score (nSPS) is 12.0. The third-order valence-electron chi connectivity index (χ3n) is 3.01. The van der Waals surface area contributed by atoms with Gasteiger partial charge in [0.05, 0.1) is 5.92 Å². The second-order valence-electron chi connectivity index (χ2n) is 4.92. The number of esters is 1. The van der Waals surface area contributed by atoms with E-state index in [4.69, 9.17) is 33.0 Å². The molecule has 4 nitrogen and oxygen atoms in total. The number of carboxylic acids is 1. The summed E-state index contributed by atoms with van der Waals surface area (Å²) in [7, 11) is 0. The topological polar surface area (TPSA) is 63.6 Å². The van der Waals surface area contributed by atoms with Crippen molar-refractivity contribution in [2.24, 2.45) is 5.92 Å². The Bertz CT molecular complexity index is 482. The van der Waals surface area contributed by atoms with Crippen LogP contribution in [0.1, 0.15) is 38.2 Å². The molecule has 1 rings (SSSR count). The number of benzene rings is 1. The van der Waals surface area contributed by atoms with Crippen molar-refractivity contribution in [1.29, 1.82) is 0 Å². The Labute approximate surface area is 134 Å². The first kappa shape index (κ1) is 17.8. The fourth-order valence-electron chi connectivity index (χ4n) is 1.77. The SMILES string of the molecule is CC(CCCCC(=O)OCc1cc(Cl)cc(Cl)c1)C(=O)O. The van der Waals surface area contributed by atoms with Crippen molar-refractivity contribution in [2.75, 3.05) is 0 Å². The molecule has 0 saturated heterocycles. The number of carboxylic acid groups (broad SMARTS) is 1. The maximum Gasteiger partial charge on any atom is 0.306 e. The smallest absolute Gasteiger partial charge is 0.306 e. The highest BCUT2D eigenvalue weighted by atomic mass is 35.5. The quantitative estimate of drug-likeness (QED) is 0.568. The number of carbonyl (C=O) groups excluding carboxylic acids is 1. The molecule has 21 heavy (non-hydrogen) atoms. The highest BCUT2D eigenvalue weighted by Gasteiger charge is 2.11. The largest absolute Gasteiger partial charge is 0.481 e. The van der Waals surface area contributed by atoms with Crippen molar-refractivity contribution >= 4 is 35.1 Å². The first-order valence-corrected chi connectivity index (χ1v) is 7.47. The Morgan fingerprint density at radius 3 is 2.38 bits per heavy atom. The number of hydrogen-bond donors (Lipinski definition) is 1. The first-order valence-electron chi connectivity index (χ1n) is 6.72. The number of halogens is 2. The van der Waals surface area contributed by atoms with Gasteiger partial charge in [0, 0.05) is 16.5 Å². The van der Waals surface area contributed by atoms with Crippen LogP contribution >= 0.6 is 23.2 Å². The number of unbranched alkanes of at least 4 members (excludes halogenated alkanes) is 1. The van der Waals surface area contributed by atoms with Crippen LogP contribution in [0.25, 0.3) is 0 Å². The highest BCUT2D eigenvalue weighted by Crippen LogP contribution is 2.19.